The molecule has 8 rings (SSSR count). The Morgan fingerprint density at radius 3 is 2.59 bits per heavy atom. The van der Waals surface area contributed by atoms with E-state index in [-0.39, 0.29) is 42.9 Å². The zero-order chi connectivity index (χ0) is 51.1. The molecule has 0 radical (unpaired) electrons. The van der Waals surface area contributed by atoms with Crippen molar-refractivity contribution in [1.82, 2.24) is 39.7 Å². The minimum Gasteiger partial charge on any atom is -0.508 e. The second kappa shape index (κ2) is 20.6. The summed E-state index contributed by atoms with van der Waals surface area (Å²) in [5.41, 5.74) is 9.86. The fraction of sp³-hybridized carbons (Fsp3) is 0.491. The number of ether oxygens (including phenoxy) is 2. The number of nitrogens with one attached hydrogen (secondary N) is 3. The van der Waals surface area contributed by atoms with E-state index in [0.29, 0.717) is 37.1 Å². The lowest BCUT2D eigenvalue weighted by molar-refractivity contribution is -0.156. The summed E-state index contributed by atoms with van der Waals surface area (Å²) in [6, 6.07) is 8.34. The first-order valence-corrected chi connectivity index (χ1v) is 24.6. The van der Waals surface area contributed by atoms with E-state index in [0.717, 1.165) is 51.8 Å². The molecular formula is C53H68N10O8. The monoisotopic (exact) mass is 973 g/mol. The average molecular weight is 973 g/mol. The summed E-state index contributed by atoms with van der Waals surface area (Å²) in [5.74, 6) is -3.05. The fourth-order valence-corrected chi connectivity index (χ4v) is 10.8. The van der Waals surface area contributed by atoms with Gasteiger partial charge in [-0.25, -0.2) is 10.4 Å². The highest BCUT2D eigenvalue weighted by Gasteiger charge is 2.48. The maximum absolute atomic E-state index is 14.9. The summed E-state index contributed by atoms with van der Waals surface area (Å²) in [5, 5.41) is 19.5. The number of benzene rings is 2. The second-order valence-electron chi connectivity index (χ2n) is 20.4. The Balaban J connectivity index is 1.17. The van der Waals surface area contributed by atoms with Gasteiger partial charge >= 0.3 is 5.97 Å². The minimum atomic E-state index is -1.21. The van der Waals surface area contributed by atoms with E-state index < -0.39 is 65.2 Å². The first kappa shape index (κ1) is 50.7. The number of carbonyl (C=O) groups excluding carboxylic acids is 5. The third-order valence-electron chi connectivity index (χ3n) is 14.2. The Hall–Kier alpha value is -6.63. The molecule has 18 heteroatoms. The normalized spacial score (nSPS) is 21.6. The predicted octanol–water partition coefficient (Wildman–Crippen LogP) is 5.41. The Kier molecular flexibility index (Phi) is 14.7. The molecule has 2 unspecified atom stereocenters. The van der Waals surface area contributed by atoms with Crippen molar-refractivity contribution in [2.24, 2.45) is 23.4 Å². The van der Waals surface area contributed by atoms with E-state index in [9.17, 15) is 29.1 Å². The fourth-order valence-electron chi connectivity index (χ4n) is 10.8. The number of aromatic hydroxyl groups is 1. The van der Waals surface area contributed by atoms with Crippen LogP contribution in [0, 0.1) is 11.3 Å². The van der Waals surface area contributed by atoms with E-state index in [4.69, 9.17) is 14.5 Å². The molecule has 4 aliphatic rings. The number of hydrogen-bond donors (Lipinski definition) is 4. The van der Waals surface area contributed by atoms with Crippen LogP contribution >= 0.6 is 0 Å². The topological polar surface area (TPSA) is 205 Å². The smallest absolute Gasteiger partial charge is 0.324 e. The summed E-state index contributed by atoms with van der Waals surface area (Å²) < 4.78 is 16.4. The van der Waals surface area contributed by atoms with Crippen molar-refractivity contribution in [1.29, 1.82) is 0 Å². The van der Waals surface area contributed by atoms with Gasteiger partial charge in [-0.3, -0.25) is 34.0 Å². The number of carbonyl (C=O) groups is 5. The number of aryl methyl sites for hydroxylation is 1. The van der Waals surface area contributed by atoms with Crippen LogP contribution in [-0.2, 0) is 48.7 Å². The second-order valence-corrected chi connectivity index (χ2v) is 20.4. The van der Waals surface area contributed by atoms with Gasteiger partial charge in [-0.2, -0.15) is 0 Å². The Morgan fingerprint density at radius 1 is 1.10 bits per heavy atom. The number of aliphatic imine (C=N–C) groups is 1. The molecule has 0 spiro atoms. The summed E-state index contributed by atoms with van der Waals surface area (Å²) in [6.07, 6.45) is 8.48. The highest BCUT2D eigenvalue weighted by Crippen LogP contribution is 2.54. The summed E-state index contributed by atoms with van der Waals surface area (Å²) >= 11 is 0. The van der Waals surface area contributed by atoms with Crippen molar-refractivity contribution in [2.75, 3.05) is 53.3 Å². The molecule has 3 aliphatic heterocycles. The van der Waals surface area contributed by atoms with Crippen molar-refractivity contribution in [3.05, 3.63) is 83.1 Å². The van der Waals surface area contributed by atoms with Crippen LogP contribution in [0.15, 0.2) is 65.4 Å². The van der Waals surface area contributed by atoms with E-state index in [2.05, 4.69) is 58.5 Å². The van der Waals surface area contributed by atoms with Crippen LogP contribution in [0.25, 0.3) is 27.6 Å². The number of amides is 4. The molecule has 2 aromatic heterocycles. The number of methoxy groups -OCH3 is 1. The van der Waals surface area contributed by atoms with Gasteiger partial charge in [0.1, 0.15) is 35.8 Å². The molecule has 5 atom stereocenters. The number of nitrogens with zero attached hydrogens (tertiary/aromatic N) is 7. The molecule has 5 heterocycles. The van der Waals surface area contributed by atoms with Crippen molar-refractivity contribution in [2.45, 2.75) is 103 Å². The molecule has 4 amide bonds. The molecule has 18 nitrogen and oxygen atoms in total. The van der Waals surface area contributed by atoms with Gasteiger partial charge in [0.2, 0.25) is 17.6 Å². The zero-order valence-corrected chi connectivity index (χ0v) is 42.5. The number of fused-ring (bicyclic) bond motifs is 7. The van der Waals surface area contributed by atoms with Gasteiger partial charge in [-0.1, -0.05) is 45.9 Å². The van der Waals surface area contributed by atoms with Crippen LogP contribution in [0.2, 0.25) is 0 Å². The van der Waals surface area contributed by atoms with Crippen LogP contribution in [-0.4, -0.2) is 142 Å². The number of allylic oxidation sites excluding steroid dienone is 1. The highest BCUT2D eigenvalue weighted by molar-refractivity contribution is 6.01. The van der Waals surface area contributed by atoms with Gasteiger partial charge in [0, 0.05) is 87.4 Å². The number of anilines is 1. The number of hydrogen-bond acceptors (Lipinski definition) is 12. The number of esters is 1. The van der Waals surface area contributed by atoms with E-state index in [1.807, 2.05) is 37.3 Å². The molecule has 0 saturated carbocycles. The van der Waals surface area contributed by atoms with Gasteiger partial charge in [-0.05, 0) is 99.1 Å². The summed E-state index contributed by atoms with van der Waals surface area (Å²) in [4.78, 5) is 83.0. The van der Waals surface area contributed by atoms with E-state index >= 15 is 0 Å². The summed E-state index contributed by atoms with van der Waals surface area (Å²) in [6.45, 7) is 11.5. The SMILES string of the molecule is CCn1c2c3c4cc(ccc41)-c1cc(O)cc(c1)CC(NC(=O)[C@H](C(C)C)N(C)C(=O)c1ncc(NC(=O)/C=C/CN(C)C)n1C)C(=O)N1CCC[C@H](N1)C(=O)OCC(C)(C)C3[C@H](OC)C1=C2CCC=N1. The van der Waals surface area contributed by atoms with Crippen molar-refractivity contribution in [3.8, 4) is 16.9 Å². The zero-order valence-electron chi connectivity index (χ0n) is 42.5. The van der Waals surface area contributed by atoms with Gasteiger partial charge in [-0.15, -0.1) is 0 Å². The van der Waals surface area contributed by atoms with Gasteiger partial charge in [0.05, 0.1) is 24.2 Å². The number of likely N-dealkylation sites (N-methyl/N-ethyl adjacent to an activating group) is 2. The number of imidazole rings is 1. The van der Waals surface area contributed by atoms with E-state index in [1.54, 1.807) is 46.2 Å². The maximum atomic E-state index is 14.9. The Labute approximate surface area is 415 Å². The number of hydrazine groups is 1. The van der Waals surface area contributed by atoms with Crippen molar-refractivity contribution < 1.29 is 38.6 Å². The molecule has 4 aromatic rings. The van der Waals surface area contributed by atoms with Gasteiger partial charge < -0.3 is 44.1 Å². The minimum absolute atomic E-state index is 0.0130. The highest BCUT2D eigenvalue weighted by atomic mass is 16.5. The first-order valence-electron chi connectivity index (χ1n) is 24.6. The van der Waals surface area contributed by atoms with Crippen LogP contribution in [0.3, 0.4) is 0 Å². The van der Waals surface area contributed by atoms with E-state index in [1.165, 1.54) is 33.8 Å². The number of rotatable bonds is 11. The molecular weight excluding hydrogens is 905 g/mol. The lowest BCUT2D eigenvalue weighted by Gasteiger charge is -2.43. The maximum Gasteiger partial charge on any atom is 0.324 e. The number of cyclic esters (lactones) is 1. The molecule has 1 saturated heterocycles. The predicted molar refractivity (Wildman–Crippen MR) is 271 cm³/mol. The molecule has 6 bridgehead atoms. The van der Waals surface area contributed by atoms with Crippen molar-refractivity contribution in [3.63, 3.8) is 0 Å². The average Bonchev–Trinajstić information content (AvgIpc) is 3.87. The molecule has 378 valence electrons. The summed E-state index contributed by atoms with van der Waals surface area (Å²) in [7, 11) is 8.57. The third-order valence-corrected chi connectivity index (χ3v) is 14.2. The lowest BCUT2D eigenvalue weighted by Crippen LogP contribution is -2.62. The molecule has 4 N–H and O–H groups in total. The Morgan fingerprint density at radius 2 is 1.87 bits per heavy atom. The van der Waals surface area contributed by atoms with Crippen molar-refractivity contribution >= 4 is 58.1 Å². The standard InChI is InChI=1S/C53H68N10O8/c1-11-62-39-19-18-32-27-36(39)42-43(47(70-10)44-35(46(42)62)15-12-20-54-44)53(4,5)29-71-52(69)37-16-13-22-63(58-37)50(67)38(25-31-23-33(32)26-34(64)24-31)56-49(66)45(30(2)3)61(9)51(68)48-55-28-40(60(48)8)57-41(65)17-14-21-59(6)7/h14,17-20,23-24,26-28,30,37-38,43,45,47,58,64H,11-13,15-16,21-22,25,29H2,1-10H3,(H,56,66)(H,57,65)/b17-14+/t37-,38?,43?,45-,47-/m0/s1. The van der Waals surface area contributed by atoms with Crippen LogP contribution < -0.4 is 16.1 Å². The molecule has 2 aromatic carbocycles. The van der Waals surface area contributed by atoms with Gasteiger partial charge in [0.15, 0.2) is 0 Å². The molecule has 1 aliphatic carbocycles. The Bertz CT molecular complexity index is 2840. The number of phenols is 1. The molecule has 1 fully saturated rings. The van der Waals surface area contributed by atoms with Crippen LogP contribution in [0.4, 0.5) is 5.82 Å². The number of phenolic OH excluding ortho intramolecular Hbond substituents is 1. The first-order chi connectivity index (χ1) is 33.8. The third kappa shape index (κ3) is 10.0. The lowest BCUT2D eigenvalue weighted by atomic mass is 9.66. The van der Waals surface area contributed by atoms with Crippen LogP contribution in [0.5, 0.6) is 5.75 Å². The van der Waals surface area contributed by atoms with Gasteiger partial charge in [0.25, 0.3) is 11.8 Å². The molecule has 71 heavy (non-hydrogen) atoms. The quantitative estimate of drug-likeness (QED) is 0.110. The van der Waals surface area contributed by atoms with Crippen LogP contribution in [0.1, 0.15) is 93.7 Å². The largest absolute Gasteiger partial charge is 0.508 e. The number of aromatic nitrogens is 3.